The van der Waals surface area contributed by atoms with Gasteiger partial charge in [-0.2, -0.15) is 0 Å². The van der Waals surface area contributed by atoms with E-state index >= 15 is 0 Å². The summed E-state index contributed by atoms with van der Waals surface area (Å²) in [5.74, 6) is 0.832. The highest BCUT2D eigenvalue weighted by molar-refractivity contribution is 9.10. The van der Waals surface area contributed by atoms with Gasteiger partial charge in [-0.15, -0.1) is 0 Å². The molecule has 0 spiro atoms. The first-order chi connectivity index (χ1) is 6.22. The largest absolute Gasteiger partial charge is 0.497 e. The number of ether oxygens (including phenoxy) is 1. The Hall–Kier alpha value is -1.03. The third-order valence-electron chi connectivity index (χ3n) is 2.03. The topological polar surface area (TPSA) is 27.1 Å². The Balaban J connectivity index is 2.73. The molecule has 4 heteroatoms. The first-order valence-corrected chi connectivity index (χ1v) is 4.67. The number of hydrogen-bond acceptors (Lipinski definition) is 2. The molecule has 0 saturated heterocycles. The maximum atomic E-state index is 5.11. The Morgan fingerprint density at radius 3 is 2.92 bits per heavy atom. The molecule has 0 aliphatic carbocycles. The second-order valence-electron chi connectivity index (χ2n) is 2.79. The maximum Gasteiger partial charge on any atom is 0.177 e. The molecule has 68 valence electrons. The van der Waals surface area contributed by atoms with Crippen LogP contribution in [0.3, 0.4) is 0 Å². The Bertz CT molecular complexity index is 450. The van der Waals surface area contributed by atoms with Crippen molar-refractivity contribution in [2.75, 3.05) is 7.11 Å². The van der Waals surface area contributed by atoms with Crippen molar-refractivity contribution < 1.29 is 4.74 Å². The quantitative estimate of drug-likeness (QED) is 0.766. The molecule has 2 aromatic rings. The van der Waals surface area contributed by atoms with Crippen molar-refractivity contribution in [1.82, 2.24) is 9.55 Å². The van der Waals surface area contributed by atoms with E-state index in [1.165, 1.54) is 0 Å². The summed E-state index contributed by atoms with van der Waals surface area (Å²) in [6, 6.07) is 5.84. The Morgan fingerprint density at radius 2 is 2.23 bits per heavy atom. The lowest BCUT2D eigenvalue weighted by atomic mass is 10.3. The number of hydrogen-bond donors (Lipinski definition) is 0. The van der Waals surface area contributed by atoms with Gasteiger partial charge in [-0.25, -0.2) is 4.98 Å². The summed E-state index contributed by atoms with van der Waals surface area (Å²) in [5.41, 5.74) is 2.03. The predicted molar refractivity (Wildman–Crippen MR) is 55.0 cm³/mol. The Labute approximate surface area is 84.5 Å². The molecule has 3 nitrogen and oxygen atoms in total. The second-order valence-corrected chi connectivity index (χ2v) is 3.50. The highest BCUT2D eigenvalue weighted by Gasteiger charge is 2.05. The van der Waals surface area contributed by atoms with E-state index in [4.69, 9.17) is 4.74 Å². The minimum Gasteiger partial charge on any atom is -0.497 e. The van der Waals surface area contributed by atoms with Gasteiger partial charge in [0, 0.05) is 13.1 Å². The standard InChI is InChI=1S/C9H9BrN2O/c1-12-8-4-3-6(13-2)5-7(8)11-9(12)10/h3-5H,1-2H3. The third kappa shape index (κ3) is 1.31. The summed E-state index contributed by atoms with van der Waals surface area (Å²) in [6.45, 7) is 0. The van der Waals surface area contributed by atoms with Crippen molar-refractivity contribution in [2.45, 2.75) is 0 Å². The molecule has 1 aromatic heterocycles. The van der Waals surface area contributed by atoms with Crippen LogP contribution in [0.2, 0.25) is 0 Å². The maximum absolute atomic E-state index is 5.11. The van der Waals surface area contributed by atoms with E-state index in [-0.39, 0.29) is 0 Å². The lowest BCUT2D eigenvalue weighted by Gasteiger charge is -1.98. The monoisotopic (exact) mass is 240 g/mol. The molecular formula is C9H9BrN2O. The van der Waals surface area contributed by atoms with Gasteiger partial charge in [0.25, 0.3) is 0 Å². The van der Waals surface area contributed by atoms with Crippen LogP contribution in [-0.4, -0.2) is 16.7 Å². The van der Waals surface area contributed by atoms with Crippen molar-refractivity contribution in [1.29, 1.82) is 0 Å². The Kier molecular flexibility index (Phi) is 2.00. The molecular weight excluding hydrogens is 232 g/mol. The fraction of sp³-hybridized carbons (Fsp3) is 0.222. The zero-order valence-corrected chi connectivity index (χ0v) is 9.00. The van der Waals surface area contributed by atoms with Gasteiger partial charge in [0.2, 0.25) is 0 Å². The van der Waals surface area contributed by atoms with Gasteiger partial charge in [0.1, 0.15) is 5.75 Å². The number of aromatic nitrogens is 2. The lowest BCUT2D eigenvalue weighted by molar-refractivity contribution is 0.415. The molecule has 13 heavy (non-hydrogen) atoms. The molecule has 0 bridgehead atoms. The van der Waals surface area contributed by atoms with Crippen molar-refractivity contribution in [3.05, 3.63) is 22.9 Å². The Morgan fingerprint density at radius 1 is 1.46 bits per heavy atom. The number of methoxy groups -OCH3 is 1. The van der Waals surface area contributed by atoms with Crippen LogP contribution in [0.1, 0.15) is 0 Å². The molecule has 0 unspecified atom stereocenters. The first-order valence-electron chi connectivity index (χ1n) is 3.88. The highest BCUT2D eigenvalue weighted by atomic mass is 79.9. The van der Waals surface area contributed by atoms with Crippen LogP contribution in [0.15, 0.2) is 22.9 Å². The van der Waals surface area contributed by atoms with Crippen LogP contribution < -0.4 is 4.74 Å². The van der Waals surface area contributed by atoms with Crippen molar-refractivity contribution in [3.8, 4) is 5.75 Å². The molecule has 0 radical (unpaired) electrons. The van der Waals surface area contributed by atoms with Crippen LogP contribution in [0.25, 0.3) is 11.0 Å². The van der Waals surface area contributed by atoms with E-state index in [2.05, 4.69) is 20.9 Å². The van der Waals surface area contributed by atoms with E-state index in [1.54, 1.807) is 7.11 Å². The van der Waals surface area contributed by atoms with E-state index in [1.807, 2.05) is 29.8 Å². The van der Waals surface area contributed by atoms with Crippen LogP contribution in [0.5, 0.6) is 5.75 Å². The smallest absolute Gasteiger partial charge is 0.177 e. The molecule has 0 fully saturated rings. The summed E-state index contributed by atoms with van der Waals surface area (Å²) in [7, 11) is 3.62. The number of fused-ring (bicyclic) bond motifs is 1. The van der Waals surface area contributed by atoms with E-state index in [0.29, 0.717) is 0 Å². The SMILES string of the molecule is COc1ccc2c(c1)nc(Br)n2C. The third-order valence-corrected chi connectivity index (χ3v) is 2.74. The van der Waals surface area contributed by atoms with Crippen molar-refractivity contribution in [3.63, 3.8) is 0 Å². The summed E-state index contributed by atoms with van der Waals surface area (Å²) >= 11 is 3.37. The number of imidazole rings is 1. The average Bonchev–Trinajstić information content (AvgIpc) is 2.42. The summed E-state index contributed by atoms with van der Waals surface area (Å²) in [6.07, 6.45) is 0. The molecule has 0 atom stereocenters. The van der Waals surface area contributed by atoms with Gasteiger partial charge >= 0.3 is 0 Å². The van der Waals surface area contributed by atoms with Gasteiger partial charge in [0.15, 0.2) is 4.73 Å². The molecule has 0 N–H and O–H groups in total. The fourth-order valence-electron chi connectivity index (χ4n) is 1.28. The van der Waals surface area contributed by atoms with Crippen LogP contribution in [-0.2, 0) is 7.05 Å². The fourth-order valence-corrected chi connectivity index (χ4v) is 1.66. The van der Waals surface area contributed by atoms with Crippen LogP contribution in [0, 0.1) is 0 Å². The van der Waals surface area contributed by atoms with Gasteiger partial charge < -0.3 is 9.30 Å². The normalized spacial score (nSPS) is 10.7. The lowest BCUT2D eigenvalue weighted by Crippen LogP contribution is -1.87. The number of halogens is 1. The van der Waals surface area contributed by atoms with Gasteiger partial charge in [-0.1, -0.05) is 0 Å². The predicted octanol–water partition coefficient (Wildman–Crippen LogP) is 2.34. The second kappa shape index (κ2) is 3.03. The number of nitrogens with zero attached hydrogens (tertiary/aromatic N) is 2. The first kappa shape index (κ1) is 8.56. The van der Waals surface area contributed by atoms with E-state index in [0.717, 1.165) is 21.5 Å². The summed E-state index contributed by atoms with van der Waals surface area (Å²) in [4.78, 5) is 4.32. The molecule has 0 aliphatic heterocycles. The van der Waals surface area contributed by atoms with Gasteiger partial charge in [-0.05, 0) is 28.1 Å². The number of benzene rings is 1. The molecule has 0 saturated carbocycles. The minimum atomic E-state index is 0.829. The summed E-state index contributed by atoms with van der Waals surface area (Å²) < 4.78 is 7.92. The van der Waals surface area contributed by atoms with Crippen molar-refractivity contribution in [2.24, 2.45) is 7.05 Å². The summed E-state index contributed by atoms with van der Waals surface area (Å²) in [5, 5.41) is 0. The number of aryl methyl sites for hydroxylation is 1. The highest BCUT2D eigenvalue weighted by Crippen LogP contribution is 2.22. The zero-order valence-electron chi connectivity index (χ0n) is 7.41. The van der Waals surface area contributed by atoms with E-state index < -0.39 is 0 Å². The molecule has 1 aromatic carbocycles. The van der Waals surface area contributed by atoms with Crippen LogP contribution >= 0.6 is 15.9 Å². The minimum absolute atomic E-state index is 0.829. The number of rotatable bonds is 1. The van der Waals surface area contributed by atoms with Crippen LogP contribution in [0.4, 0.5) is 0 Å². The molecule has 0 amide bonds. The molecule has 1 heterocycles. The molecule has 2 rings (SSSR count). The van der Waals surface area contributed by atoms with Gasteiger partial charge in [-0.3, -0.25) is 0 Å². The zero-order chi connectivity index (χ0) is 9.42. The average molecular weight is 241 g/mol. The van der Waals surface area contributed by atoms with E-state index in [9.17, 15) is 0 Å². The van der Waals surface area contributed by atoms with Crippen molar-refractivity contribution >= 4 is 27.0 Å². The molecule has 0 aliphatic rings. The van der Waals surface area contributed by atoms with Gasteiger partial charge in [0.05, 0.1) is 18.1 Å².